The highest BCUT2D eigenvalue weighted by atomic mass is 16.7. The molecule has 0 radical (unpaired) electrons. The molecule has 2 aliphatic carbocycles. The molecule has 0 amide bonds. The van der Waals surface area contributed by atoms with Crippen LogP contribution in [0, 0.1) is 23.7 Å². The van der Waals surface area contributed by atoms with Crippen LogP contribution in [0.25, 0.3) is 22.3 Å². The molecule has 0 saturated carbocycles. The van der Waals surface area contributed by atoms with Gasteiger partial charge in [0.25, 0.3) is 0 Å². The third-order valence-corrected chi connectivity index (χ3v) is 9.71. The zero-order valence-electron chi connectivity index (χ0n) is 28.2. The maximum absolute atomic E-state index is 6.79. The van der Waals surface area contributed by atoms with E-state index in [0.29, 0.717) is 31.7 Å². The summed E-state index contributed by atoms with van der Waals surface area (Å²) in [4.78, 5) is 0. The van der Waals surface area contributed by atoms with Crippen LogP contribution in [0.4, 0.5) is 0 Å². The Labute approximate surface area is 281 Å². The second kappa shape index (κ2) is 16.3. The summed E-state index contributed by atoms with van der Waals surface area (Å²) in [7, 11) is 0. The lowest BCUT2D eigenvalue weighted by Crippen LogP contribution is -2.43. The van der Waals surface area contributed by atoms with E-state index in [0.717, 1.165) is 53.0 Å². The molecular weight excluding hydrogens is 580 g/mol. The highest BCUT2D eigenvalue weighted by Crippen LogP contribution is 2.40. The molecule has 1 heterocycles. The Morgan fingerprint density at radius 3 is 2.13 bits per heavy atom. The van der Waals surface area contributed by atoms with E-state index >= 15 is 0 Å². The summed E-state index contributed by atoms with van der Waals surface area (Å²) in [6.07, 6.45) is 18.1. The highest BCUT2D eigenvalue weighted by molar-refractivity contribution is 5.82. The lowest BCUT2D eigenvalue weighted by molar-refractivity contribution is -0.186. The molecule has 3 aliphatic rings. The van der Waals surface area contributed by atoms with Gasteiger partial charge in [0.1, 0.15) is 12.4 Å². The van der Waals surface area contributed by atoms with Gasteiger partial charge < -0.3 is 18.9 Å². The van der Waals surface area contributed by atoms with Crippen molar-refractivity contribution >= 4 is 0 Å². The Morgan fingerprint density at radius 1 is 0.787 bits per heavy atom. The van der Waals surface area contributed by atoms with Crippen LogP contribution >= 0.6 is 0 Å². The maximum Gasteiger partial charge on any atom is 0.203 e. The van der Waals surface area contributed by atoms with Crippen molar-refractivity contribution in [2.45, 2.75) is 65.3 Å². The molecule has 4 heteroatoms. The fourth-order valence-corrected chi connectivity index (χ4v) is 7.31. The molecule has 47 heavy (non-hydrogen) atoms. The third-order valence-electron chi connectivity index (χ3n) is 9.71. The summed E-state index contributed by atoms with van der Waals surface area (Å²) in [5, 5.41) is 0. The molecule has 5 unspecified atom stereocenters. The zero-order valence-corrected chi connectivity index (χ0v) is 28.2. The van der Waals surface area contributed by atoms with Crippen molar-refractivity contribution in [2.75, 3.05) is 19.8 Å². The van der Waals surface area contributed by atoms with Crippen LogP contribution < -0.4 is 4.74 Å². The van der Waals surface area contributed by atoms with Crippen molar-refractivity contribution in [1.82, 2.24) is 0 Å². The minimum Gasteiger partial charge on any atom is -0.490 e. The summed E-state index contributed by atoms with van der Waals surface area (Å²) in [6.45, 7) is 8.47. The summed E-state index contributed by atoms with van der Waals surface area (Å²) in [6, 6.07) is 27.3. The van der Waals surface area contributed by atoms with Crippen molar-refractivity contribution in [1.29, 1.82) is 0 Å². The summed E-state index contributed by atoms with van der Waals surface area (Å²) in [5.74, 6) is 3.63. The van der Waals surface area contributed by atoms with Crippen molar-refractivity contribution in [3.63, 3.8) is 0 Å². The maximum atomic E-state index is 6.79. The van der Waals surface area contributed by atoms with Crippen LogP contribution in [0.3, 0.4) is 0 Å². The minimum atomic E-state index is -0.386. The molecule has 0 bridgehead atoms. The van der Waals surface area contributed by atoms with Crippen molar-refractivity contribution in [3.8, 4) is 28.0 Å². The number of hydrogen-bond acceptors (Lipinski definition) is 4. The van der Waals surface area contributed by atoms with E-state index in [-0.39, 0.29) is 24.2 Å². The molecule has 1 aliphatic heterocycles. The van der Waals surface area contributed by atoms with E-state index in [1.807, 2.05) is 12.1 Å². The van der Waals surface area contributed by atoms with Gasteiger partial charge in [0.15, 0.2) is 0 Å². The first-order valence-electron chi connectivity index (χ1n) is 17.6. The normalized spacial score (nSPS) is 21.8. The van der Waals surface area contributed by atoms with Crippen LogP contribution in [0.2, 0.25) is 0 Å². The average molecular weight is 631 g/mol. The second-order valence-corrected chi connectivity index (χ2v) is 13.4. The fraction of sp³-hybridized carbons (Fsp3) is 0.395. The van der Waals surface area contributed by atoms with Gasteiger partial charge in [-0.25, -0.2) is 0 Å². The molecule has 3 aromatic rings. The number of rotatable bonds is 14. The molecule has 1 saturated heterocycles. The molecule has 1 fully saturated rings. The van der Waals surface area contributed by atoms with Crippen molar-refractivity contribution < 1.29 is 18.9 Å². The minimum absolute atomic E-state index is 0.0593. The van der Waals surface area contributed by atoms with Gasteiger partial charge in [-0.1, -0.05) is 136 Å². The first-order valence-corrected chi connectivity index (χ1v) is 17.6. The van der Waals surface area contributed by atoms with Gasteiger partial charge in [-0.2, -0.15) is 0 Å². The Bertz CT molecular complexity index is 1490. The largest absolute Gasteiger partial charge is 0.490 e. The Kier molecular flexibility index (Phi) is 11.5. The molecule has 4 nitrogen and oxygen atoms in total. The van der Waals surface area contributed by atoms with Gasteiger partial charge in [-0.3, -0.25) is 0 Å². The topological polar surface area (TPSA) is 36.9 Å². The van der Waals surface area contributed by atoms with E-state index in [9.17, 15) is 0 Å². The monoisotopic (exact) mass is 630 g/mol. The molecule has 5 atom stereocenters. The van der Waals surface area contributed by atoms with Gasteiger partial charge in [-0.15, -0.1) is 0 Å². The SMILES string of the molecule is CCC(CC(C)C)C1=CC=C(OC(OCCOc2c(-c3ccccc3)cccc2-c2ccccc2)C2CCOC3C=CC=CC32)CC1. The second-order valence-electron chi connectivity index (χ2n) is 13.4. The number of ether oxygens (including phenoxy) is 4. The van der Waals surface area contributed by atoms with E-state index in [4.69, 9.17) is 18.9 Å². The number of allylic oxidation sites excluding steroid dienone is 6. The first-order chi connectivity index (χ1) is 23.1. The van der Waals surface area contributed by atoms with Crippen molar-refractivity contribution in [2.24, 2.45) is 23.7 Å². The van der Waals surface area contributed by atoms with Gasteiger partial charge in [-0.05, 0) is 54.7 Å². The lowest BCUT2D eigenvalue weighted by atomic mass is 9.80. The number of benzene rings is 3. The van der Waals surface area contributed by atoms with Crippen LogP contribution in [0.5, 0.6) is 5.75 Å². The van der Waals surface area contributed by atoms with Gasteiger partial charge >= 0.3 is 0 Å². The standard InChI is InChI=1S/C43H50O4/c1-4-32(30-31(2)3)33-22-24-36(25-23-33)47-43(40-26-27-44-41-21-12-11-18-39(40)41)46-29-28-45-42-37(34-14-7-5-8-15-34)19-13-20-38(42)35-16-9-6-10-17-35/h5-22,24,31-32,39-41,43H,4,23,25-30H2,1-3H3. The molecule has 0 spiro atoms. The Morgan fingerprint density at radius 2 is 1.49 bits per heavy atom. The quantitative estimate of drug-likeness (QED) is 0.131. The van der Waals surface area contributed by atoms with E-state index in [1.54, 1.807) is 5.57 Å². The first kappa shape index (κ1) is 33.1. The summed E-state index contributed by atoms with van der Waals surface area (Å²) >= 11 is 0. The summed E-state index contributed by atoms with van der Waals surface area (Å²) < 4.78 is 26.2. The predicted octanol–water partition coefficient (Wildman–Crippen LogP) is 10.6. The Balaban J connectivity index is 1.20. The lowest BCUT2D eigenvalue weighted by Gasteiger charge is -2.40. The zero-order chi connectivity index (χ0) is 32.4. The van der Waals surface area contributed by atoms with Crippen LogP contribution in [-0.4, -0.2) is 32.2 Å². The molecule has 3 aromatic carbocycles. The molecule has 0 N–H and O–H groups in total. The Hall–Kier alpha value is -3.86. The smallest absolute Gasteiger partial charge is 0.203 e. The predicted molar refractivity (Wildman–Crippen MR) is 192 cm³/mol. The van der Waals surface area contributed by atoms with Crippen LogP contribution in [0.15, 0.2) is 127 Å². The fourth-order valence-electron chi connectivity index (χ4n) is 7.31. The van der Waals surface area contributed by atoms with E-state index in [1.165, 1.54) is 12.8 Å². The molecule has 0 aromatic heterocycles. The van der Waals surface area contributed by atoms with E-state index in [2.05, 4.69) is 124 Å². The highest BCUT2D eigenvalue weighted by Gasteiger charge is 2.39. The van der Waals surface area contributed by atoms with Gasteiger partial charge in [0.2, 0.25) is 6.29 Å². The number of para-hydroxylation sites is 1. The molecule has 246 valence electrons. The van der Waals surface area contributed by atoms with E-state index < -0.39 is 0 Å². The number of fused-ring (bicyclic) bond motifs is 1. The molecule has 6 rings (SSSR count). The average Bonchev–Trinajstić information content (AvgIpc) is 3.12. The summed E-state index contributed by atoms with van der Waals surface area (Å²) in [5.41, 5.74) is 5.96. The van der Waals surface area contributed by atoms with Crippen molar-refractivity contribution in [3.05, 3.63) is 127 Å². The van der Waals surface area contributed by atoms with Gasteiger partial charge in [0, 0.05) is 36.0 Å². The third kappa shape index (κ3) is 8.36. The molecular formula is C43H50O4. The van der Waals surface area contributed by atoms with Crippen LogP contribution in [0.1, 0.15) is 52.9 Å². The number of hydrogen-bond donors (Lipinski definition) is 0. The van der Waals surface area contributed by atoms with Crippen LogP contribution in [-0.2, 0) is 14.2 Å². The van der Waals surface area contributed by atoms with Gasteiger partial charge in [0.05, 0.1) is 18.5 Å².